The summed E-state index contributed by atoms with van der Waals surface area (Å²) < 4.78 is 0. The fourth-order valence-corrected chi connectivity index (χ4v) is 1.86. The number of hydrogen-bond donors (Lipinski definition) is 2. The first-order chi connectivity index (χ1) is 7.15. The molecule has 0 aliphatic heterocycles. The second-order valence-electron chi connectivity index (χ2n) is 4.61. The highest BCUT2D eigenvalue weighted by atomic mass is 16.4. The quantitative estimate of drug-likeness (QED) is 0.222. The fourth-order valence-electron chi connectivity index (χ4n) is 1.86. The van der Waals surface area contributed by atoms with Crippen LogP contribution in [0.15, 0.2) is 5.16 Å². The first-order valence-corrected chi connectivity index (χ1v) is 5.81. The minimum Gasteiger partial charge on any atom is -0.409 e. The molecule has 1 atom stereocenters. The summed E-state index contributed by atoms with van der Waals surface area (Å²) >= 11 is 0. The van der Waals surface area contributed by atoms with E-state index in [1.54, 1.807) is 0 Å². The van der Waals surface area contributed by atoms with Crippen LogP contribution in [0.5, 0.6) is 0 Å². The van der Waals surface area contributed by atoms with Crippen LogP contribution >= 0.6 is 0 Å². The van der Waals surface area contributed by atoms with Gasteiger partial charge in [0.15, 0.2) is 0 Å². The molecule has 15 heavy (non-hydrogen) atoms. The zero-order valence-electron chi connectivity index (χ0n) is 9.82. The standard InChI is InChI=1S/C11H23N3O/c1-9(10-6-7-10)14(2)8-4-3-5-11(12)13-15/h9-10,15H,3-8H2,1-2H3,(H2,12,13). The molecular weight excluding hydrogens is 190 g/mol. The van der Waals surface area contributed by atoms with Gasteiger partial charge in [-0.25, -0.2) is 0 Å². The molecule has 3 N–H and O–H groups in total. The van der Waals surface area contributed by atoms with Gasteiger partial charge >= 0.3 is 0 Å². The van der Waals surface area contributed by atoms with Gasteiger partial charge in [-0.05, 0) is 52.1 Å². The Labute approximate surface area is 92.1 Å². The third-order valence-electron chi connectivity index (χ3n) is 3.32. The molecule has 0 aromatic rings. The molecule has 0 amide bonds. The average molecular weight is 213 g/mol. The molecule has 0 heterocycles. The molecule has 1 unspecified atom stereocenters. The molecule has 0 aromatic heterocycles. The molecule has 0 aromatic carbocycles. The molecule has 1 fully saturated rings. The zero-order valence-corrected chi connectivity index (χ0v) is 9.82. The summed E-state index contributed by atoms with van der Waals surface area (Å²) in [6.45, 7) is 3.41. The molecule has 1 rings (SSSR count). The van der Waals surface area contributed by atoms with Crippen LogP contribution in [0.25, 0.3) is 0 Å². The summed E-state index contributed by atoms with van der Waals surface area (Å²) in [5.74, 6) is 1.27. The van der Waals surface area contributed by atoms with Crippen molar-refractivity contribution in [2.45, 2.75) is 45.1 Å². The predicted octanol–water partition coefficient (Wildman–Crippen LogP) is 1.63. The van der Waals surface area contributed by atoms with E-state index in [9.17, 15) is 0 Å². The van der Waals surface area contributed by atoms with Crippen LogP contribution < -0.4 is 5.73 Å². The molecule has 0 bridgehead atoms. The topological polar surface area (TPSA) is 61.8 Å². The monoisotopic (exact) mass is 213 g/mol. The van der Waals surface area contributed by atoms with Gasteiger partial charge in [-0.2, -0.15) is 0 Å². The second kappa shape index (κ2) is 5.95. The third-order valence-corrected chi connectivity index (χ3v) is 3.32. The molecule has 0 radical (unpaired) electrons. The van der Waals surface area contributed by atoms with Crippen LogP contribution in [0, 0.1) is 5.92 Å². The Kier molecular flexibility index (Phi) is 4.88. The van der Waals surface area contributed by atoms with Gasteiger partial charge in [0.05, 0.1) is 0 Å². The maximum absolute atomic E-state index is 8.37. The van der Waals surface area contributed by atoms with Crippen molar-refractivity contribution < 1.29 is 5.21 Å². The normalized spacial score (nSPS) is 19.5. The van der Waals surface area contributed by atoms with Crippen molar-refractivity contribution >= 4 is 5.84 Å². The van der Waals surface area contributed by atoms with E-state index >= 15 is 0 Å². The molecule has 4 heteroatoms. The minimum atomic E-state index is 0.341. The van der Waals surface area contributed by atoms with E-state index in [0.717, 1.165) is 25.3 Å². The first kappa shape index (κ1) is 12.3. The Hall–Kier alpha value is -0.770. The second-order valence-corrected chi connectivity index (χ2v) is 4.61. The number of nitrogens with zero attached hydrogens (tertiary/aromatic N) is 2. The summed E-state index contributed by atoms with van der Waals surface area (Å²) in [6, 6.07) is 0.717. The molecule has 1 aliphatic carbocycles. The number of hydrogen-bond acceptors (Lipinski definition) is 3. The Morgan fingerprint density at radius 3 is 2.73 bits per heavy atom. The summed E-state index contributed by atoms with van der Waals surface area (Å²) in [6.07, 6.45) is 5.61. The van der Waals surface area contributed by atoms with E-state index in [1.165, 1.54) is 12.8 Å². The molecular formula is C11H23N3O. The van der Waals surface area contributed by atoms with Crippen molar-refractivity contribution in [3.63, 3.8) is 0 Å². The summed E-state index contributed by atoms with van der Waals surface area (Å²) in [4.78, 5) is 2.42. The third kappa shape index (κ3) is 4.51. The molecule has 0 saturated heterocycles. The van der Waals surface area contributed by atoms with Gasteiger partial charge in [0.2, 0.25) is 0 Å². The van der Waals surface area contributed by atoms with E-state index in [1.807, 2.05) is 0 Å². The van der Waals surface area contributed by atoms with E-state index in [0.29, 0.717) is 18.3 Å². The van der Waals surface area contributed by atoms with Crippen LogP contribution in [-0.4, -0.2) is 35.6 Å². The average Bonchev–Trinajstić information content (AvgIpc) is 3.06. The zero-order chi connectivity index (χ0) is 11.3. The van der Waals surface area contributed by atoms with Gasteiger partial charge in [0.1, 0.15) is 5.84 Å². The Balaban J connectivity index is 2.03. The fraction of sp³-hybridized carbons (Fsp3) is 0.909. The van der Waals surface area contributed by atoms with Crippen molar-refractivity contribution in [3.05, 3.63) is 0 Å². The van der Waals surface area contributed by atoms with E-state index in [2.05, 4.69) is 24.0 Å². The van der Waals surface area contributed by atoms with Crippen LogP contribution in [0.1, 0.15) is 39.0 Å². The van der Waals surface area contributed by atoms with Crippen molar-refractivity contribution in [3.8, 4) is 0 Å². The van der Waals surface area contributed by atoms with E-state index in [4.69, 9.17) is 10.9 Å². The van der Waals surface area contributed by atoms with Crippen LogP contribution in [0.3, 0.4) is 0 Å². The molecule has 4 nitrogen and oxygen atoms in total. The van der Waals surface area contributed by atoms with Crippen molar-refractivity contribution in [1.29, 1.82) is 0 Å². The first-order valence-electron chi connectivity index (χ1n) is 5.81. The molecule has 1 aliphatic rings. The number of amidine groups is 1. The van der Waals surface area contributed by atoms with Crippen molar-refractivity contribution in [1.82, 2.24) is 4.90 Å². The number of nitrogens with two attached hydrogens (primary N) is 1. The highest BCUT2D eigenvalue weighted by Crippen LogP contribution is 2.34. The highest BCUT2D eigenvalue weighted by Gasteiger charge is 2.29. The Morgan fingerprint density at radius 1 is 1.53 bits per heavy atom. The minimum absolute atomic E-state index is 0.341. The number of unbranched alkanes of at least 4 members (excludes halogenated alkanes) is 1. The van der Waals surface area contributed by atoms with Gasteiger partial charge in [0.25, 0.3) is 0 Å². The Morgan fingerprint density at radius 2 is 2.20 bits per heavy atom. The van der Waals surface area contributed by atoms with Gasteiger partial charge in [-0.3, -0.25) is 0 Å². The summed E-state index contributed by atoms with van der Waals surface area (Å²) in [5.41, 5.74) is 5.39. The maximum Gasteiger partial charge on any atom is 0.139 e. The smallest absolute Gasteiger partial charge is 0.139 e. The summed E-state index contributed by atoms with van der Waals surface area (Å²) in [7, 11) is 2.19. The lowest BCUT2D eigenvalue weighted by molar-refractivity contribution is 0.230. The van der Waals surface area contributed by atoms with E-state index < -0.39 is 0 Å². The van der Waals surface area contributed by atoms with Crippen LogP contribution in [0.4, 0.5) is 0 Å². The molecule has 1 saturated carbocycles. The lowest BCUT2D eigenvalue weighted by Gasteiger charge is -2.24. The van der Waals surface area contributed by atoms with Gasteiger partial charge < -0.3 is 15.8 Å². The predicted molar refractivity (Wildman–Crippen MR) is 62.1 cm³/mol. The number of rotatable bonds is 7. The highest BCUT2D eigenvalue weighted by molar-refractivity contribution is 5.79. The maximum atomic E-state index is 8.37. The van der Waals surface area contributed by atoms with Gasteiger partial charge in [0, 0.05) is 12.5 Å². The SMILES string of the molecule is CC(C1CC1)N(C)CCCC/C(N)=N/O. The largest absolute Gasteiger partial charge is 0.409 e. The lowest BCUT2D eigenvalue weighted by Crippen LogP contribution is -2.31. The molecule has 88 valence electrons. The van der Waals surface area contributed by atoms with Crippen LogP contribution in [-0.2, 0) is 0 Å². The molecule has 0 spiro atoms. The van der Waals surface area contributed by atoms with E-state index in [-0.39, 0.29) is 0 Å². The van der Waals surface area contributed by atoms with Gasteiger partial charge in [-0.1, -0.05) is 5.16 Å². The lowest BCUT2D eigenvalue weighted by atomic mass is 10.1. The van der Waals surface area contributed by atoms with Crippen molar-refractivity contribution in [2.24, 2.45) is 16.8 Å². The Bertz CT molecular complexity index is 214. The number of oxime groups is 1. The summed E-state index contributed by atoms with van der Waals surface area (Å²) in [5, 5.41) is 11.3. The van der Waals surface area contributed by atoms with Crippen LogP contribution in [0.2, 0.25) is 0 Å². The van der Waals surface area contributed by atoms with Crippen molar-refractivity contribution in [2.75, 3.05) is 13.6 Å². The van der Waals surface area contributed by atoms with Gasteiger partial charge in [-0.15, -0.1) is 0 Å².